The lowest BCUT2D eigenvalue weighted by atomic mass is 10.1. The summed E-state index contributed by atoms with van der Waals surface area (Å²) in [6.07, 6.45) is 1.58. The zero-order valence-corrected chi connectivity index (χ0v) is 19.1. The van der Waals surface area contributed by atoms with Crippen molar-refractivity contribution in [2.75, 3.05) is 31.6 Å². The number of aliphatic imine (C=N–C) groups is 1. The molecule has 0 bridgehead atoms. The first-order valence-electron chi connectivity index (χ1n) is 8.57. The first-order chi connectivity index (χ1) is 12.4. The molecular formula is C17H26ClIN4O3S. The van der Waals surface area contributed by atoms with Crippen LogP contribution >= 0.6 is 35.6 Å². The predicted octanol–water partition coefficient (Wildman–Crippen LogP) is 1.36. The van der Waals surface area contributed by atoms with E-state index in [9.17, 15) is 13.2 Å². The van der Waals surface area contributed by atoms with E-state index in [0.29, 0.717) is 30.5 Å². The second-order valence-electron chi connectivity index (χ2n) is 6.22. The van der Waals surface area contributed by atoms with E-state index >= 15 is 0 Å². The molecule has 1 unspecified atom stereocenters. The number of benzene rings is 1. The van der Waals surface area contributed by atoms with Crippen molar-refractivity contribution in [1.82, 2.24) is 16.0 Å². The van der Waals surface area contributed by atoms with E-state index in [2.05, 4.69) is 20.9 Å². The van der Waals surface area contributed by atoms with Crippen molar-refractivity contribution in [3.8, 4) is 0 Å². The van der Waals surface area contributed by atoms with Gasteiger partial charge in [-0.3, -0.25) is 9.79 Å². The molecule has 2 rings (SSSR count). The zero-order valence-electron chi connectivity index (χ0n) is 15.2. The fourth-order valence-corrected chi connectivity index (χ4v) is 4.50. The molecule has 1 fully saturated rings. The zero-order chi connectivity index (χ0) is 19.0. The Balaban J connectivity index is 0.00000364. The van der Waals surface area contributed by atoms with Crippen molar-refractivity contribution < 1.29 is 13.2 Å². The maximum atomic E-state index is 11.9. The minimum absolute atomic E-state index is 0. The molecule has 3 N–H and O–H groups in total. The van der Waals surface area contributed by atoms with Crippen LogP contribution in [0.4, 0.5) is 0 Å². The van der Waals surface area contributed by atoms with Gasteiger partial charge in [0.05, 0.1) is 11.5 Å². The van der Waals surface area contributed by atoms with E-state index in [1.807, 2.05) is 24.3 Å². The highest BCUT2D eigenvalue weighted by Crippen LogP contribution is 2.11. The highest BCUT2D eigenvalue weighted by Gasteiger charge is 2.28. The highest BCUT2D eigenvalue weighted by molar-refractivity contribution is 14.0. The Bertz CT molecular complexity index is 741. The van der Waals surface area contributed by atoms with E-state index < -0.39 is 9.84 Å². The highest BCUT2D eigenvalue weighted by atomic mass is 127. The lowest BCUT2D eigenvalue weighted by Gasteiger charge is -2.13. The Morgan fingerprint density at radius 2 is 1.89 bits per heavy atom. The number of halogens is 2. The second-order valence-corrected chi connectivity index (χ2v) is 8.88. The molecule has 152 valence electrons. The van der Waals surface area contributed by atoms with Crippen LogP contribution in [0.2, 0.25) is 5.02 Å². The molecule has 1 aliphatic heterocycles. The molecule has 10 heteroatoms. The molecule has 7 nitrogen and oxygen atoms in total. The third-order valence-electron chi connectivity index (χ3n) is 4.09. The van der Waals surface area contributed by atoms with Crippen molar-refractivity contribution in [3.63, 3.8) is 0 Å². The summed E-state index contributed by atoms with van der Waals surface area (Å²) >= 11 is 5.86. The summed E-state index contributed by atoms with van der Waals surface area (Å²) in [5, 5.41) is 9.74. The van der Waals surface area contributed by atoms with E-state index in [1.165, 1.54) is 5.56 Å². The average Bonchev–Trinajstić information content (AvgIpc) is 2.93. The number of nitrogens with one attached hydrogen (secondary N) is 3. The molecule has 1 saturated heterocycles. The van der Waals surface area contributed by atoms with Crippen LogP contribution in [0, 0.1) is 0 Å². The Kier molecular flexibility index (Phi) is 10.4. The van der Waals surface area contributed by atoms with Gasteiger partial charge in [-0.2, -0.15) is 0 Å². The van der Waals surface area contributed by atoms with Crippen molar-refractivity contribution in [1.29, 1.82) is 0 Å². The first-order valence-corrected chi connectivity index (χ1v) is 10.8. The van der Waals surface area contributed by atoms with Gasteiger partial charge in [0.15, 0.2) is 15.8 Å². The molecule has 1 aromatic carbocycles. The van der Waals surface area contributed by atoms with Gasteiger partial charge in [0.1, 0.15) is 0 Å². The van der Waals surface area contributed by atoms with E-state index in [1.54, 1.807) is 7.05 Å². The Labute approximate surface area is 182 Å². The maximum Gasteiger partial charge on any atom is 0.222 e. The van der Waals surface area contributed by atoms with Crippen molar-refractivity contribution in [3.05, 3.63) is 34.9 Å². The minimum atomic E-state index is -2.98. The molecule has 1 atom stereocenters. The summed E-state index contributed by atoms with van der Waals surface area (Å²) < 4.78 is 22.8. The van der Waals surface area contributed by atoms with Crippen molar-refractivity contribution in [2.45, 2.75) is 25.3 Å². The molecule has 1 aromatic rings. The van der Waals surface area contributed by atoms with Crippen LogP contribution in [-0.4, -0.2) is 58.0 Å². The Hall–Kier alpha value is -1.07. The molecule has 0 aliphatic carbocycles. The van der Waals surface area contributed by atoms with Crippen LogP contribution in [0.1, 0.15) is 18.4 Å². The molecule has 0 saturated carbocycles. The molecule has 1 amide bonds. The SMILES string of the molecule is CN=C(NCCC(=O)NC1CCS(=O)(=O)C1)NCCc1ccc(Cl)cc1.I. The number of carbonyl (C=O) groups excluding carboxylic acids is 1. The summed E-state index contributed by atoms with van der Waals surface area (Å²) in [4.78, 5) is 16.0. The standard InChI is InChI=1S/C17H25ClN4O3S.HI/c1-19-17(20-9-6-13-2-4-14(18)5-3-13)21-10-7-16(23)22-15-8-11-26(24,25)12-15;/h2-5,15H,6-12H2,1H3,(H,22,23)(H2,19,20,21);1H. The second kappa shape index (κ2) is 11.7. The van der Waals surface area contributed by atoms with Crippen LogP contribution in [0.25, 0.3) is 0 Å². The summed E-state index contributed by atoms with van der Waals surface area (Å²) in [5.41, 5.74) is 1.17. The number of sulfone groups is 1. The van der Waals surface area contributed by atoms with Gasteiger partial charge in [0.25, 0.3) is 0 Å². The summed E-state index contributed by atoms with van der Waals surface area (Å²) in [6.45, 7) is 1.12. The number of rotatable bonds is 7. The lowest BCUT2D eigenvalue weighted by molar-refractivity contribution is -0.121. The lowest BCUT2D eigenvalue weighted by Crippen LogP contribution is -2.41. The fourth-order valence-electron chi connectivity index (χ4n) is 2.70. The van der Waals surface area contributed by atoms with Crippen LogP contribution in [0.5, 0.6) is 0 Å². The largest absolute Gasteiger partial charge is 0.356 e. The van der Waals surface area contributed by atoms with Gasteiger partial charge in [-0.15, -0.1) is 24.0 Å². The van der Waals surface area contributed by atoms with E-state index in [-0.39, 0.29) is 53.9 Å². The molecule has 1 heterocycles. The number of hydrogen-bond acceptors (Lipinski definition) is 4. The first kappa shape index (κ1) is 24.0. The maximum absolute atomic E-state index is 11.9. The van der Waals surface area contributed by atoms with Gasteiger partial charge >= 0.3 is 0 Å². The fraction of sp³-hybridized carbons (Fsp3) is 0.529. The van der Waals surface area contributed by atoms with Crippen LogP contribution < -0.4 is 16.0 Å². The molecule has 0 spiro atoms. The summed E-state index contributed by atoms with van der Waals surface area (Å²) in [5.74, 6) is 0.659. The van der Waals surface area contributed by atoms with Crippen molar-refractivity contribution in [2.24, 2.45) is 4.99 Å². The summed E-state index contributed by atoms with van der Waals surface area (Å²) in [7, 11) is -1.31. The van der Waals surface area contributed by atoms with Crippen LogP contribution in [0.15, 0.2) is 29.3 Å². The van der Waals surface area contributed by atoms with Crippen LogP contribution in [0.3, 0.4) is 0 Å². The third kappa shape index (κ3) is 9.11. The number of carbonyl (C=O) groups is 1. The number of nitrogens with zero attached hydrogens (tertiary/aromatic N) is 1. The molecule has 0 radical (unpaired) electrons. The number of amides is 1. The van der Waals surface area contributed by atoms with Crippen molar-refractivity contribution >= 4 is 57.3 Å². The molecule has 1 aliphatic rings. The van der Waals surface area contributed by atoms with Gasteiger partial charge in [0.2, 0.25) is 5.91 Å². The van der Waals surface area contributed by atoms with E-state index in [4.69, 9.17) is 11.6 Å². The van der Waals surface area contributed by atoms with Gasteiger partial charge < -0.3 is 16.0 Å². The summed E-state index contributed by atoms with van der Waals surface area (Å²) in [6, 6.07) is 7.42. The predicted molar refractivity (Wildman–Crippen MR) is 120 cm³/mol. The van der Waals surface area contributed by atoms with E-state index in [0.717, 1.165) is 6.42 Å². The Morgan fingerprint density at radius 3 is 2.48 bits per heavy atom. The minimum Gasteiger partial charge on any atom is -0.356 e. The van der Waals surface area contributed by atoms with Gasteiger partial charge in [-0.05, 0) is 30.5 Å². The molecule has 27 heavy (non-hydrogen) atoms. The quantitative estimate of drug-likeness (QED) is 0.282. The monoisotopic (exact) mass is 528 g/mol. The Morgan fingerprint density at radius 1 is 1.22 bits per heavy atom. The molecule has 0 aromatic heterocycles. The number of guanidine groups is 1. The van der Waals surface area contributed by atoms with Crippen LogP contribution in [-0.2, 0) is 21.1 Å². The average molecular weight is 529 g/mol. The normalized spacial score (nSPS) is 18.4. The molecular weight excluding hydrogens is 503 g/mol. The van der Waals surface area contributed by atoms with Gasteiger partial charge in [-0.1, -0.05) is 23.7 Å². The van der Waals surface area contributed by atoms with Gasteiger partial charge in [-0.25, -0.2) is 8.42 Å². The number of hydrogen-bond donors (Lipinski definition) is 3. The topological polar surface area (TPSA) is 99.7 Å². The smallest absolute Gasteiger partial charge is 0.222 e. The van der Waals surface area contributed by atoms with Gasteiger partial charge in [0, 0.05) is 37.6 Å². The third-order valence-corrected chi connectivity index (χ3v) is 6.10.